The highest BCUT2D eigenvalue weighted by molar-refractivity contribution is 6.29. The van der Waals surface area contributed by atoms with E-state index in [0.29, 0.717) is 11.6 Å². The van der Waals surface area contributed by atoms with Crippen LogP contribution in [-0.4, -0.2) is 11.5 Å². The highest BCUT2D eigenvalue weighted by Gasteiger charge is 2.03. The Morgan fingerprint density at radius 3 is 2.94 bits per heavy atom. The summed E-state index contributed by atoms with van der Waals surface area (Å²) in [5.41, 5.74) is 7.58. The molecular weight excluding hydrogens is 222 g/mol. The van der Waals surface area contributed by atoms with E-state index in [1.807, 2.05) is 18.2 Å². The Hall–Kier alpha value is -1.74. The van der Waals surface area contributed by atoms with Gasteiger partial charge in [-0.2, -0.15) is 0 Å². The van der Waals surface area contributed by atoms with E-state index in [-0.39, 0.29) is 0 Å². The molecule has 0 aliphatic carbocycles. The van der Waals surface area contributed by atoms with Gasteiger partial charge in [0.1, 0.15) is 0 Å². The average molecular weight is 234 g/mol. The van der Waals surface area contributed by atoms with Crippen LogP contribution in [-0.2, 0) is 0 Å². The second kappa shape index (κ2) is 4.41. The fourth-order valence-corrected chi connectivity index (χ4v) is 1.63. The summed E-state index contributed by atoms with van der Waals surface area (Å²) in [5.74, 6) is 0. The molecule has 0 spiro atoms. The predicted molar refractivity (Wildman–Crippen MR) is 69.6 cm³/mol. The van der Waals surface area contributed by atoms with Crippen molar-refractivity contribution in [2.24, 2.45) is 0 Å². The van der Waals surface area contributed by atoms with Crippen molar-refractivity contribution in [3.05, 3.63) is 42.2 Å². The number of benzene rings is 1. The number of nitrogens with zero attached hydrogens (tertiary/aromatic N) is 1. The molecule has 3 N–H and O–H groups in total. The second-order valence-corrected chi connectivity index (χ2v) is 4.03. The maximum absolute atomic E-state index is 5.88. The Bertz CT molecular complexity index is 537. The van der Waals surface area contributed by atoms with E-state index in [9.17, 15) is 0 Å². The van der Waals surface area contributed by atoms with Gasteiger partial charge in [-0.3, -0.25) is 4.98 Å². The lowest BCUT2D eigenvalue weighted by molar-refractivity contribution is 1.31. The van der Waals surface area contributed by atoms with Crippen LogP contribution in [0.4, 0.5) is 11.4 Å². The van der Waals surface area contributed by atoms with Crippen LogP contribution in [0.1, 0.15) is 0 Å². The minimum Gasteiger partial charge on any atom is -0.398 e. The summed E-state index contributed by atoms with van der Waals surface area (Å²) < 4.78 is 0. The molecule has 0 bridgehead atoms. The fourth-order valence-electron chi connectivity index (χ4n) is 1.56. The molecule has 16 heavy (non-hydrogen) atoms. The van der Waals surface area contributed by atoms with Crippen molar-refractivity contribution < 1.29 is 0 Å². The number of anilines is 2. The molecule has 4 heteroatoms. The molecule has 0 amide bonds. The Balaban J connectivity index is 2.46. The maximum atomic E-state index is 5.88. The standard InChI is InChI=1S/C12H12ClN3/c1-8(13)6-16-12-3-2-11(14)9-4-5-15-7-10(9)12/h2-5,7,16H,1,6,14H2. The predicted octanol–water partition coefficient (Wildman–Crippen LogP) is 2.98. The summed E-state index contributed by atoms with van der Waals surface area (Å²) >= 11 is 5.71. The van der Waals surface area contributed by atoms with Crippen molar-refractivity contribution in [3.63, 3.8) is 0 Å². The van der Waals surface area contributed by atoms with Crippen molar-refractivity contribution in [2.45, 2.75) is 0 Å². The monoisotopic (exact) mass is 233 g/mol. The molecule has 1 aromatic carbocycles. The third-order valence-corrected chi connectivity index (χ3v) is 2.46. The Morgan fingerprint density at radius 2 is 2.19 bits per heavy atom. The third kappa shape index (κ3) is 2.09. The summed E-state index contributed by atoms with van der Waals surface area (Å²) in [6, 6.07) is 5.67. The molecule has 0 saturated heterocycles. The normalized spacial score (nSPS) is 10.3. The third-order valence-electron chi connectivity index (χ3n) is 2.32. The van der Waals surface area contributed by atoms with E-state index in [1.54, 1.807) is 12.4 Å². The summed E-state index contributed by atoms with van der Waals surface area (Å²) in [6.45, 7) is 4.15. The molecule has 0 atom stereocenters. The number of halogens is 1. The highest BCUT2D eigenvalue weighted by atomic mass is 35.5. The summed E-state index contributed by atoms with van der Waals surface area (Å²) in [6.07, 6.45) is 3.51. The zero-order valence-corrected chi connectivity index (χ0v) is 9.46. The van der Waals surface area contributed by atoms with Crippen molar-refractivity contribution >= 4 is 33.7 Å². The van der Waals surface area contributed by atoms with Gasteiger partial charge >= 0.3 is 0 Å². The first-order valence-electron chi connectivity index (χ1n) is 4.88. The largest absolute Gasteiger partial charge is 0.398 e. The van der Waals surface area contributed by atoms with Gasteiger partial charge < -0.3 is 11.1 Å². The topological polar surface area (TPSA) is 50.9 Å². The van der Waals surface area contributed by atoms with Crippen LogP contribution in [0.15, 0.2) is 42.2 Å². The molecule has 1 heterocycles. The minimum atomic E-state index is 0.523. The first kappa shape index (κ1) is 10.8. The van der Waals surface area contributed by atoms with E-state index in [2.05, 4.69) is 16.9 Å². The van der Waals surface area contributed by atoms with Crippen LogP contribution in [0.2, 0.25) is 0 Å². The first-order chi connectivity index (χ1) is 7.68. The van der Waals surface area contributed by atoms with Gasteiger partial charge in [-0.05, 0) is 18.2 Å². The molecule has 0 fully saturated rings. The van der Waals surface area contributed by atoms with Crippen LogP contribution in [0.5, 0.6) is 0 Å². The van der Waals surface area contributed by atoms with E-state index in [1.165, 1.54) is 0 Å². The second-order valence-electron chi connectivity index (χ2n) is 3.49. The molecule has 3 nitrogen and oxygen atoms in total. The van der Waals surface area contributed by atoms with Gasteiger partial charge in [0.2, 0.25) is 0 Å². The number of hydrogen-bond donors (Lipinski definition) is 2. The maximum Gasteiger partial charge on any atom is 0.0502 e. The number of pyridine rings is 1. The Morgan fingerprint density at radius 1 is 1.38 bits per heavy atom. The number of nitrogen functional groups attached to an aromatic ring is 1. The molecule has 82 valence electrons. The molecule has 0 saturated carbocycles. The van der Waals surface area contributed by atoms with Gasteiger partial charge in [-0.15, -0.1) is 0 Å². The zero-order valence-electron chi connectivity index (χ0n) is 8.70. The van der Waals surface area contributed by atoms with Crippen LogP contribution in [0.3, 0.4) is 0 Å². The number of hydrogen-bond acceptors (Lipinski definition) is 3. The van der Waals surface area contributed by atoms with Crippen LogP contribution < -0.4 is 11.1 Å². The minimum absolute atomic E-state index is 0.523. The van der Waals surface area contributed by atoms with E-state index >= 15 is 0 Å². The Labute approximate surface area is 98.9 Å². The van der Waals surface area contributed by atoms with Gasteiger partial charge in [0, 0.05) is 39.6 Å². The number of nitrogens with one attached hydrogen (secondary N) is 1. The van der Waals surface area contributed by atoms with E-state index in [0.717, 1.165) is 22.1 Å². The summed E-state index contributed by atoms with van der Waals surface area (Å²) in [4.78, 5) is 4.09. The average Bonchev–Trinajstić information content (AvgIpc) is 2.28. The lowest BCUT2D eigenvalue weighted by atomic mass is 10.1. The van der Waals surface area contributed by atoms with Crippen LogP contribution in [0.25, 0.3) is 10.8 Å². The lowest BCUT2D eigenvalue weighted by Crippen LogP contribution is -2.02. The number of rotatable bonds is 3. The first-order valence-corrected chi connectivity index (χ1v) is 5.25. The van der Waals surface area contributed by atoms with Crippen molar-refractivity contribution in [1.29, 1.82) is 0 Å². The molecule has 0 unspecified atom stereocenters. The quantitative estimate of drug-likeness (QED) is 0.802. The number of fused-ring (bicyclic) bond motifs is 1. The van der Waals surface area contributed by atoms with Gasteiger partial charge in [-0.25, -0.2) is 0 Å². The molecule has 0 radical (unpaired) electrons. The molecule has 0 aliphatic rings. The van der Waals surface area contributed by atoms with E-state index in [4.69, 9.17) is 17.3 Å². The molecule has 2 rings (SSSR count). The van der Waals surface area contributed by atoms with Crippen molar-refractivity contribution in [1.82, 2.24) is 4.98 Å². The number of aromatic nitrogens is 1. The molecule has 1 aromatic heterocycles. The van der Waals surface area contributed by atoms with Crippen LogP contribution in [0, 0.1) is 0 Å². The molecular formula is C12H12ClN3. The van der Waals surface area contributed by atoms with Gasteiger partial charge in [0.15, 0.2) is 0 Å². The van der Waals surface area contributed by atoms with Crippen molar-refractivity contribution in [3.8, 4) is 0 Å². The summed E-state index contributed by atoms with van der Waals surface area (Å²) in [5, 5.41) is 5.72. The Kier molecular flexibility index (Phi) is 2.97. The zero-order chi connectivity index (χ0) is 11.5. The molecule has 0 aliphatic heterocycles. The smallest absolute Gasteiger partial charge is 0.0502 e. The van der Waals surface area contributed by atoms with Gasteiger partial charge in [0.05, 0.1) is 6.54 Å². The van der Waals surface area contributed by atoms with Crippen LogP contribution >= 0.6 is 11.6 Å². The number of nitrogens with two attached hydrogens (primary N) is 1. The lowest BCUT2D eigenvalue weighted by Gasteiger charge is -2.10. The van der Waals surface area contributed by atoms with E-state index < -0.39 is 0 Å². The SMILES string of the molecule is C=C(Cl)CNc1ccc(N)c2ccncc12. The highest BCUT2D eigenvalue weighted by Crippen LogP contribution is 2.27. The van der Waals surface area contributed by atoms with Crippen molar-refractivity contribution in [2.75, 3.05) is 17.6 Å². The van der Waals surface area contributed by atoms with Gasteiger partial charge in [0.25, 0.3) is 0 Å². The molecule has 2 aromatic rings. The fraction of sp³-hybridized carbons (Fsp3) is 0.0833. The van der Waals surface area contributed by atoms with Gasteiger partial charge in [-0.1, -0.05) is 18.2 Å². The summed E-state index contributed by atoms with van der Waals surface area (Å²) in [7, 11) is 0.